The number of hydrogen-bond donors (Lipinski definition) is 1. The first kappa shape index (κ1) is 18.1. The average Bonchev–Trinajstić information content (AvgIpc) is 2.60. The molecular formula is C10H22Cl2N4. The van der Waals surface area contributed by atoms with Gasteiger partial charge in [-0.3, -0.25) is 4.68 Å². The normalized spacial score (nSPS) is 9.75. The Bertz CT molecular complexity index is 263. The van der Waals surface area contributed by atoms with Gasteiger partial charge in [0.05, 0.1) is 5.69 Å². The molecule has 96 valence electrons. The number of nitrogens with zero attached hydrogens (tertiary/aromatic N) is 3. The summed E-state index contributed by atoms with van der Waals surface area (Å²) in [6, 6.07) is 2.06. The Hall–Kier alpha value is -0.290. The van der Waals surface area contributed by atoms with Crippen molar-refractivity contribution in [2.75, 3.05) is 27.2 Å². The molecule has 1 N–H and O–H groups in total. The molecule has 0 aliphatic heterocycles. The minimum absolute atomic E-state index is 0. The van der Waals surface area contributed by atoms with Crippen molar-refractivity contribution in [3.63, 3.8) is 0 Å². The molecule has 1 aromatic rings. The predicted molar refractivity (Wildman–Crippen MR) is 72.7 cm³/mol. The lowest BCUT2D eigenvalue weighted by Gasteiger charge is -2.09. The maximum atomic E-state index is 4.39. The summed E-state index contributed by atoms with van der Waals surface area (Å²) in [6.45, 7) is 5.97. The fourth-order valence-electron chi connectivity index (χ4n) is 1.19. The van der Waals surface area contributed by atoms with Crippen LogP contribution in [0.1, 0.15) is 12.6 Å². The minimum Gasteiger partial charge on any atom is -0.310 e. The molecule has 6 heteroatoms. The van der Waals surface area contributed by atoms with Gasteiger partial charge in [0.1, 0.15) is 0 Å². The van der Waals surface area contributed by atoms with E-state index in [-0.39, 0.29) is 24.8 Å². The summed E-state index contributed by atoms with van der Waals surface area (Å²) in [5, 5.41) is 7.74. The Morgan fingerprint density at radius 3 is 2.56 bits per heavy atom. The Labute approximate surface area is 110 Å². The van der Waals surface area contributed by atoms with E-state index < -0.39 is 0 Å². The van der Waals surface area contributed by atoms with Crippen LogP contribution in [0.5, 0.6) is 0 Å². The molecule has 0 unspecified atom stereocenters. The van der Waals surface area contributed by atoms with Gasteiger partial charge in [0.15, 0.2) is 0 Å². The maximum absolute atomic E-state index is 4.39. The van der Waals surface area contributed by atoms with Crippen molar-refractivity contribution < 1.29 is 0 Å². The molecule has 0 aromatic carbocycles. The van der Waals surface area contributed by atoms with Crippen LogP contribution in [0.25, 0.3) is 0 Å². The highest BCUT2D eigenvalue weighted by Gasteiger charge is 1.96. The van der Waals surface area contributed by atoms with Gasteiger partial charge in [-0.25, -0.2) is 0 Å². The van der Waals surface area contributed by atoms with E-state index in [2.05, 4.69) is 42.4 Å². The molecule has 0 saturated heterocycles. The van der Waals surface area contributed by atoms with Crippen LogP contribution in [0.15, 0.2) is 12.3 Å². The highest BCUT2D eigenvalue weighted by atomic mass is 35.5. The topological polar surface area (TPSA) is 33.1 Å². The number of rotatable bonds is 6. The summed E-state index contributed by atoms with van der Waals surface area (Å²) in [5.41, 5.74) is 1.12. The molecule has 1 heterocycles. The number of halogens is 2. The van der Waals surface area contributed by atoms with E-state index in [0.29, 0.717) is 0 Å². The van der Waals surface area contributed by atoms with Crippen LogP contribution in [0, 0.1) is 0 Å². The van der Waals surface area contributed by atoms with E-state index in [1.807, 2.05) is 10.9 Å². The Balaban J connectivity index is 0. The van der Waals surface area contributed by atoms with Gasteiger partial charge in [-0.15, -0.1) is 24.8 Å². The molecule has 4 nitrogen and oxygen atoms in total. The van der Waals surface area contributed by atoms with Gasteiger partial charge >= 0.3 is 0 Å². The zero-order valence-electron chi connectivity index (χ0n) is 10.1. The van der Waals surface area contributed by atoms with Gasteiger partial charge < -0.3 is 10.2 Å². The largest absolute Gasteiger partial charge is 0.310 e. The van der Waals surface area contributed by atoms with Crippen LogP contribution >= 0.6 is 24.8 Å². The molecule has 0 fully saturated rings. The van der Waals surface area contributed by atoms with Crippen molar-refractivity contribution in [2.24, 2.45) is 0 Å². The smallest absolute Gasteiger partial charge is 0.0762 e. The zero-order chi connectivity index (χ0) is 10.4. The molecule has 0 bridgehead atoms. The highest BCUT2D eigenvalue weighted by molar-refractivity contribution is 5.85. The van der Waals surface area contributed by atoms with Crippen LogP contribution in [0.2, 0.25) is 0 Å². The minimum atomic E-state index is 0. The quantitative estimate of drug-likeness (QED) is 0.792. The number of hydrogen-bond acceptors (Lipinski definition) is 3. The average molecular weight is 269 g/mol. The van der Waals surface area contributed by atoms with Gasteiger partial charge in [-0.1, -0.05) is 0 Å². The first-order valence-electron chi connectivity index (χ1n) is 5.10. The van der Waals surface area contributed by atoms with E-state index in [9.17, 15) is 0 Å². The van der Waals surface area contributed by atoms with Crippen molar-refractivity contribution in [1.29, 1.82) is 0 Å². The van der Waals surface area contributed by atoms with Crippen LogP contribution < -0.4 is 5.32 Å². The Kier molecular flexibility index (Phi) is 11.2. The third-order valence-electron chi connectivity index (χ3n) is 2.06. The molecule has 0 aliphatic rings. The molecule has 0 spiro atoms. The lowest BCUT2D eigenvalue weighted by molar-refractivity contribution is 0.399. The Morgan fingerprint density at radius 2 is 2.06 bits per heavy atom. The molecule has 0 amide bonds. The van der Waals surface area contributed by atoms with Gasteiger partial charge in [0.2, 0.25) is 0 Å². The fraction of sp³-hybridized carbons (Fsp3) is 0.700. The van der Waals surface area contributed by atoms with Crippen LogP contribution in [-0.2, 0) is 13.1 Å². The highest BCUT2D eigenvalue weighted by Crippen LogP contribution is 1.94. The summed E-state index contributed by atoms with van der Waals surface area (Å²) in [4.78, 5) is 2.16. The molecule has 0 radical (unpaired) electrons. The Morgan fingerprint density at radius 1 is 1.38 bits per heavy atom. The van der Waals surface area contributed by atoms with Crippen LogP contribution in [0.4, 0.5) is 0 Å². The van der Waals surface area contributed by atoms with Crippen LogP contribution in [0.3, 0.4) is 0 Å². The lowest BCUT2D eigenvalue weighted by atomic mass is 10.4. The second-order valence-corrected chi connectivity index (χ2v) is 3.64. The van der Waals surface area contributed by atoms with E-state index in [4.69, 9.17) is 0 Å². The molecule has 16 heavy (non-hydrogen) atoms. The van der Waals surface area contributed by atoms with Crippen molar-refractivity contribution in [3.8, 4) is 0 Å². The zero-order valence-corrected chi connectivity index (χ0v) is 11.8. The third kappa shape index (κ3) is 7.06. The molecule has 0 saturated carbocycles. The maximum Gasteiger partial charge on any atom is 0.0762 e. The summed E-state index contributed by atoms with van der Waals surface area (Å²) in [6.07, 6.45) is 2.02. The van der Waals surface area contributed by atoms with Crippen molar-refractivity contribution in [1.82, 2.24) is 20.0 Å². The van der Waals surface area contributed by atoms with Gasteiger partial charge in [0.25, 0.3) is 0 Å². The molecule has 1 rings (SSSR count). The van der Waals surface area contributed by atoms with E-state index in [0.717, 1.165) is 31.9 Å². The SMILES string of the molecule is CCn1ccc(CNCCN(C)C)n1.Cl.Cl. The summed E-state index contributed by atoms with van der Waals surface area (Å²) in [7, 11) is 4.15. The first-order chi connectivity index (χ1) is 6.72. The summed E-state index contributed by atoms with van der Waals surface area (Å²) in [5.74, 6) is 0. The molecular weight excluding hydrogens is 247 g/mol. The van der Waals surface area contributed by atoms with Crippen molar-refractivity contribution in [3.05, 3.63) is 18.0 Å². The predicted octanol–water partition coefficient (Wildman–Crippen LogP) is 1.40. The van der Waals surface area contributed by atoms with Gasteiger partial charge in [-0.2, -0.15) is 5.10 Å². The number of likely N-dealkylation sites (N-methyl/N-ethyl adjacent to an activating group) is 1. The van der Waals surface area contributed by atoms with E-state index in [1.54, 1.807) is 0 Å². The van der Waals surface area contributed by atoms with E-state index >= 15 is 0 Å². The molecule has 0 atom stereocenters. The third-order valence-corrected chi connectivity index (χ3v) is 2.06. The number of aromatic nitrogens is 2. The summed E-state index contributed by atoms with van der Waals surface area (Å²) < 4.78 is 1.95. The lowest BCUT2D eigenvalue weighted by Crippen LogP contribution is -2.26. The van der Waals surface area contributed by atoms with Crippen LogP contribution in [-0.4, -0.2) is 41.9 Å². The fourth-order valence-corrected chi connectivity index (χ4v) is 1.19. The second-order valence-electron chi connectivity index (χ2n) is 3.64. The monoisotopic (exact) mass is 268 g/mol. The van der Waals surface area contributed by atoms with Crippen molar-refractivity contribution >= 4 is 24.8 Å². The first-order valence-corrected chi connectivity index (χ1v) is 5.10. The number of aryl methyl sites for hydroxylation is 1. The van der Waals surface area contributed by atoms with Gasteiger partial charge in [-0.05, 0) is 27.1 Å². The molecule has 1 aromatic heterocycles. The summed E-state index contributed by atoms with van der Waals surface area (Å²) >= 11 is 0. The number of nitrogens with one attached hydrogen (secondary N) is 1. The molecule has 0 aliphatic carbocycles. The van der Waals surface area contributed by atoms with Gasteiger partial charge in [0, 0.05) is 32.4 Å². The van der Waals surface area contributed by atoms with E-state index in [1.165, 1.54) is 0 Å². The second kappa shape index (κ2) is 9.90. The standard InChI is InChI=1S/C10H20N4.2ClH/c1-4-14-7-5-10(12-14)9-11-6-8-13(2)3;;/h5,7,11H,4,6,8-9H2,1-3H3;2*1H. The van der Waals surface area contributed by atoms with Crippen molar-refractivity contribution in [2.45, 2.75) is 20.0 Å².